The van der Waals surface area contributed by atoms with E-state index < -0.39 is 0 Å². The second kappa shape index (κ2) is 10.1. The van der Waals surface area contributed by atoms with Crippen molar-refractivity contribution in [3.8, 4) is 39.2 Å². The third-order valence-corrected chi connectivity index (χ3v) is 8.24. The molecule has 2 heterocycles. The number of aromatic nitrogens is 2. The highest BCUT2D eigenvalue weighted by Crippen LogP contribution is 2.42. The van der Waals surface area contributed by atoms with E-state index in [1.807, 2.05) is 6.07 Å². The van der Waals surface area contributed by atoms with Crippen LogP contribution < -0.4 is 0 Å². The SMILES string of the molecule is [C-]#[N+]c1ccnc(-c2cccc(-c3ccc4c5c6ccccc6c(-c6ccccc6)cc5n(-c5ccccc5)c4c3)c2)c1. The van der Waals surface area contributed by atoms with Crippen molar-refractivity contribution in [3.05, 3.63) is 163 Å². The molecular formula is C40H25N3. The molecule has 0 spiro atoms. The Morgan fingerprint density at radius 3 is 2.02 bits per heavy atom. The van der Waals surface area contributed by atoms with Crippen LogP contribution in [0.15, 0.2) is 152 Å². The largest absolute Gasteiger partial charge is 0.309 e. The van der Waals surface area contributed by atoms with Gasteiger partial charge in [-0.25, -0.2) is 4.85 Å². The van der Waals surface area contributed by atoms with Crippen molar-refractivity contribution < 1.29 is 0 Å². The normalized spacial score (nSPS) is 11.2. The van der Waals surface area contributed by atoms with Crippen LogP contribution in [0.5, 0.6) is 0 Å². The topological polar surface area (TPSA) is 22.2 Å². The van der Waals surface area contributed by atoms with E-state index in [2.05, 4.69) is 148 Å². The van der Waals surface area contributed by atoms with Gasteiger partial charge in [0.15, 0.2) is 5.69 Å². The lowest BCUT2D eigenvalue weighted by Crippen LogP contribution is -1.94. The molecule has 8 rings (SSSR count). The number of fused-ring (bicyclic) bond motifs is 5. The summed E-state index contributed by atoms with van der Waals surface area (Å²) >= 11 is 0. The molecule has 0 atom stereocenters. The Morgan fingerprint density at radius 2 is 1.21 bits per heavy atom. The highest BCUT2D eigenvalue weighted by molar-refractivity contribution is 6.24. The first-order chi connectivity index (χ1) is 21.3. The Hall–Kier alpha value is -5.98. The van der Waals surface area contributed by atoms with Crippen LogP contribution in [0.2, 0.25) is 0 Å². The molecule has 0 aliphatic heterocycles. The van der Waals surface area contributed by atoms with Gasteiger partial charge in [-0.3, -0.25) is 4.98 Å². The summed E-state index contributed by atoms with van der Waals surface area (Å²) in [6.45, 7) is 7.40. The maximum absolute atomic E-state index is 7.40. The van der Waals surface area contributed by atoms with E-state index in [0.29, 0.717) is 5.69 Å². The van der Waals surface area contributed by atoms with Crippen molar-refractivity contribution in [1.29, 1.82) is 0 Å². The molecule has 0 aliphatic carbocycles. The van der Waals surface area contributed by atoms with Gasteiger partial charge >= 0.3 is 0 Å². The fourth-order valence-corrected chi connectivity index (χ4v) is 6.27. The van der Waals surface area contributed by atoms with Gasteiger partial charge in [0, 0.05) is 22.7 Å². The standard InChI is InChI=1S/C40H25N3/c1-41-31-21-22-42-37(25-31)30-14-10-13-28(23-30)29-19-20-35-38(24-29)43(32-15-6-3-7-16-32)39-26-36(27-11-4-2-5-12-27)33-17-8-9-18-34(33)40(35)39/h2-26H. The third kappa shape index (κ3) is 4.17. The van der Waals surface area contributed by atoms with Gasteiger partial charge in [0.25, 0.3) is 0 Å². The van der Waals surface area contributed by atoms with Gasteiger partial charge in [0.05, 0.1) is 23.3 Å². The zero-order valence-electron chi connectivity index (χ0n) is 23.3. The molecule has 0 aliphatic rings. The molecule has 0 amide bonds. The first-order valence-corrected chi connectivity index (χ1v) is 14.3. The van der Waals surface area contributed by atoms with Gasteiger partial charge in [0.1, 0.15) is 0 Å². The molecule has 3 nitrogen and oxygen atoms in total. The molecule has 0 unspecified atom stereocenters. The molecule has 0 saturated heterocycles. The van der Waals surface area contributed by atoms with Gasteiger partial charge in [-0.1, -0.05) is 103 Å². The van der Waals surface area contributed by atoms with E-state index in [9.17, 15) is 0 Å². The first-order valence-electron chi connectivity index (χ1n) is 14.3. The van der Waals surface area contributed by atoms with Crippen molar-refractivity contribution >= 4 is 38.3 Å². The quantitative estimate of drug-likeness (QED) is 0.201. The molecule has 0 fully saturated rings. The van der Waals surface area contributed by atoms with E-state index in [4.69, 9.17) is 6.57 Å². The molecule has 6 aromatic carbocycles. The Labute approximate surface area is 249 Å². The highest BCUT2D eigenvalue weighted by Gasteiger charge is 2.18. The molecule has 0 N–H and O–H groups in total. The van der Waals surface area contributed by atoms with Crippen molar-refractivity contribution in [2.24, 2.45) is 0 Å². The number of pyridine rings is 1. The number of nitrogens with zero attached hydrogens (tertiary/aromatic N) is 3. The Morgan fingerprint density at radius 1 is 0.512 bits per heavy atom. The summed E-state index contributed by atoms with van der Waals surface area (Å²) < 4.78 is 2.40. The summed E-state index contributed by atoms with van der Waals surface area (Å²) in [5, 5.41) is 4.98. The predicted molar refractivity (Wildman–Crippen MR) is 179 cm³/mol. The molecule has 3 heteroatoms. The van der Waals surface area contributed by atoms with Crippen LogP contribution in [-0.4, -0.2) is 9.55 Å². The second-order valence-electron chi connectivity index (χ2n) is 10.7. The summed E-state index contributed by atoms with van der Waals surface area (Å²) in [5.74, 6) is 0. The monoisotopic (exact) mass is 547 g/mol. The average molecular weight is 548 g/mol. The maximum Gasteiger partial charge on any atom is 0.190 e. The Balaban J connectivity index is 1.42. The smallest absolute Gasteiger partial charge is 0.190 e. The number of hydrogen-bond acceptors (Lipinski definition) is 1. The van der Waals surface area contributed by atoms with Crippen molar-refractivity contribution in [2.45, 2.75) is 0 Å². The molecule has 2 aromatic heterocycles. The summed E-state index contributed by atoms with van der Waals surface area (Å²) in [4.78, 5) is 8.12. The molecule has 0 saturated carbocycles. The van der Waals surface area contributed by atoms with Gasteiger partial charge in [-0.05, 0) is 81.1 Å². The molecular weight excluding hydrogens is 522 g/mol. The fraction of sp³-hybridized carbons (Fsp3) is 0. The van der Waals surface area contributed by atoms with Gasteiger partial charge in [-0.15, -0.1) is 0 Å². The van der Waals surface area contributed by atoms with Crippen molar-refractivity contribution in [1.82, 2.24) is 9.55 Å². The van der Waals surface area contributed by atoms with Crippen LogP contribution in [0.4, 0.5) is 5.69 Å². The maximum atomic E-state index is 7.40. The van der Waals surface area contributed by atoms with Crippen LogP contribution in [0.1, 0.15) is 0 Å². The summed E-state index contributed by atoms with van der Waals surface area (Å²) in [5.41, 5.74) is 10.5. The minimum absolute atomic E-state index is 0.589. The summed E-state index contributed by atoms with van der Waals surface area (Å²) in [6.07, 6.45) is 1.70. The lowest BCUT2D eigenvalue weighted by atomic mass is 9.94. The van der Waals surface area contributed by atoms with Gasteiger partial charge in [0.2, 0.25) is 0 Å². The van der Waals surface area contributed by atoms with Crippen LogP contribution in [0.25, 0.3) is 76.6 Å². The zero-order valence-corrected chi connectivity index (χ0v) is 23.3. The van der Waals surface area contributed by atoms with Crippen LogP contribution in [0.3, 0.4) is 0 Å². The van der Waals surface area contributed by atoms with Crippen LogP contribution >= 0.6 is 0 Å². The molecule has 200 valence electrons. The van der Waals surface area contributed by atoms with Gasteiger partial charge in [-0.2, -0.15) is 0 Å². The number of rotatable bonds is 4. The molecule has 8 aromatic rings. The predicted octanol–water partition coefficient (Wildman–Crippen LogP) is 10.9. The minimum atomic E-state index is 0.589. The van der Waals surface area contributed by atoms with E-state index in [1.54, 1.807) is 12.3 Å². The summed E-state index contributed by atoms with van der Waals surface area (Å²) in [7, 11) is 0. The minimum Gasteiger partial charge on any atom is -0.309 e. The van der Waals surface area contributed by atoms with E-state index in [-0.39, 0.29) is 0 Å². The van der Waals surface area contributed by atoms with E-state index in [1.165, 1.54) is 38.2 Å². The lowest BCUT2D eigenvalue weighted by Gasteiger charge is -2.12. The fourth-order valence-electron chi connectivity index (χ4n) is 6.27. The van der Waals surface area contributed by atoms with Crippen molar-refractivity contribution in [2.75, 3.05) is 0 Å². The molecule has 0 bridgehead atoms. The molecule has 0 radical (unpaired) electrons. The second-order valence-corrected chi connectivity index (χ2v) is 10.7. The van der Waals surface area contributed by atoms with Crippen molar-refractivity contribution in [3.63, 3.8) is 0 Å². The number of para-hydroxylation sites is 1. The average Bonchev–Trinajstić information content (AvgIpc) is 3.42. The first kappa shape index (κ1) is 24.8. The summed E-state index contributed by atoms with van der Waals surface area (Å²) in [6, 6.07) is 51.2. The number of benzene rings is 6. The Bertz CT molecular complexity index is 2340. The highest BCUT2D eigenvalue weighted by atomic mass is 15.0. The molecule has 43 heavy (non-hydrogen) atoms. The number of hydrogen-bond donors (Lipinski definition) is 0. The van der Waals surface area contributed by atoms with E-state index >= 15 is 0 Å². The third-order valence-electron chi connectivity index (χ3n) is 8.24. The zero-order chi connectivity index (χ0) is 28.8. The Kier molecular flexibility index (Phi) is 5.84. The van der Waals surface area contributed by atoms with Crippen LogP contribution in [0, 0.1) is 6.57 Å². The van der Waals surface area contributed by atoms with Gasteiger partial charge < -0.3 is 4.57 Å². The lowest BCUT2D eigenvalue weighted by molar-refractivity contribution is 1.18. The van der Waals surface area contributed by atoms with Crippen LogP contribution in [-0.2, 0) is 0 Å². The van der Waals surface area contributed by atoms with E-state index in [0.717, 1.165) is 33.6 Å².